The normalized spacial score (nSPS) is 8.30. The van der Waals surface area contributed by atoms with Crippen molar-refractivity contribution in [2.45, 2.75) is 0 Å². The van der Waals surface area contributed by atoms with Gasteiger partial charge in [-0.25, -0.2) is 0 Å². The summed E-state index contributed by atoms with van der Waals surface area (Å²) in [5, 5.41) is 0. The van der Waals surface area contributed by atoms with E-state index in [0.717, 1.165) is 12.1 Å². The van der Waals surface area contributed by atoms with Crippen LogP contribution >= 0.6 is 0 Å². The van der Waals surface area contributed by atoms with Gasteiger partial charge in [0.05, 0.1) is 6.54 Å². The summed E-state index contributed by atoms with van der Waals surface area (Å²) < 4.78 is 0. The van der Waals surface area contributed by atoms with Gasteiger partial charge in [-0.2, -0.15) is 0 Å². The highest BCUT2D eigenvalue weighted by Gasteiger charge is 1.80. The molecule has 0 fully saturated rings. The molecule has 0 unspecified atom stereocenters. The lowest BCUT2D eigenvalue weighted by atomic mass is 10.3. The van der Waals surface area contributed by atoms with Crippen LogP contribution in [0.5, 0.6) is 0 Å². The van der Waals surface area contributed by atoms with Gasteiger partial charge in [0.1, 0.15) is 0 Å². The van der Waals surface area contributed by atoms with Gasteiger partial charge in [-0.1, -0.05) is 31.1 Å². The molecule has 0 rings (SSSR count). The lowest BCUT2D eigenvalue weighted by molar-refractivity contribution is 0.464. The van der Waals surface area contributed by atoms with Crippen LogP contribution in [0.4, 0.5) is 0 Å². The van der Waals surface area contributed by atoms with Gasteiger partial charge < -0.3 is 0 Å². The topological polar surface area (TPSA) is 3.24 Å². The van der Waals surface area contributed by atoms with E-state index in [1.54, 1.807) is 6.08 Å². The summed E-state index contributed by atoms with van der Waals surface area (Å²) in [6, 6.07) is 0. The fourth-order valence-corrected chi connectivity index (χ4v) is 0.362. The van der Waals surface area contributed by atoms with Crippen LogP contribution in [0.3, 0.4) is 0 Å². The van der Waals surface area contributed by atoms with Crippen molar-refractivity contribution in [3.63, 3.8) is 0 Å². The lowest BCUT2D eigenvalue weighted by Gasteiger charge is -2.00. The maximum absolute atomic E-state index is 3.66. The van der Waals surface area contributed by atoms with Crippen LogP contribution in [0.2, 0.25) is 0 Å². The SMILES string of the molecule is C=CC(=C)C#CCN(C)C. The van der Waals surface area contributed by atoms with Gasteiger partial charge in [-0.15, -0.1) is 0 Å². The van der Waals surface area contributed by atoms with E-state index >= 15 is 0 Å². The Hall–Kier alpha value is -1.00. The van der Waals surface area contributed by atoms with Crippen LogP contribution in [0.1, 0.15) is 0 Å². The third-order valence-electron chi connectivity index (χ3n) is 0.891. The van der Waals surface area contributed by atoms with Crippen molar-refractivity contribution in [3.8, 4) is 11.8 Å². The summed E-state index contributed by atoms with van der Waals surface area (Å²) in [4.78, 5) is 2.00. The highest BCUT2D eigenvalue weighted by molar-refractivity contribution is 5.34. The molecule has 0 N–H and O–H groups in total. The number of rotatable bonds is 2. The van der Waals surface area contributed by atoms with Crippen molar-refractivity contribution < 1.29 is 0 Å². The maximum atomic E-state index is 3.66. The Morgan fingerprint density at radius 1 is 1.60 bits per heavy atom. The third-order valence-corrected chi connectivity index (χ3v) is 0.891. The minimum absolute atomic E-state index is 0.771. The second-order valence-corrected chi connectivity index (χ2v) is 2.27. The molecule has 1 nitrogen and oxygen atoms in total. The van der Waals surface area contributed by atoms with E-state index in [0.29, 0.717) is 0 Å². The third kappa shape index (κ3) is 5.14. The first kappa shape index (κ1) is 9.00. The fourth-order valence-electron chi connectivity index (χ4n) is 0.362. The molecular weight excluding hydrogens is 122 g/mol. The van der Waals surface area contributed by atoms with Crippen molar-refractivity contribution in [1.29, 1.82) is 0 Å². The molecule has 0 saturated carbocycles. The number of hydrogen-bond donors (Lipinski definition) is 0. The number of nitrogens with zero attached hydrogens (tertiary/aromatic N) is 1. The zero-order valence-electron chi connectivity index (χ0n) is 6.65. The average Bonchev–Trinajstić information content (AvgIpc) is 1.87. The Morgan fingerprint density at radius 3 is 2.60 bits per heavy atom. The molecule has 0 atom stereocenters. The van der Waals surface area contributed by atoms with E-state index in [1.165, 1.54) is 0 Å². The highest BCUT2D eigenvalue weighted by atomic mass is 15.0. The fraction of sp³-hybridized carbons (Fsp3) is 0.333. The summed E-state index contributed by atoms with van der Waals surface area (Å²) in [6.45, 7) is 7.97. The van der Waals surface area contributed by atoms with Crippen molar-refractivity contribution in [2.75, 3.05) is 20.6 Å². The Labute approximate surface area is 63.0 Å². The molecule has 0 heterocycles. The molecule has 54 valence electrons. The van der Waals surface area contributed by atoms with Crippen LogP contribution in [-0.2, 0) is 0 Å². The van der Waals surface area contributed by atoms with Gasteiger partial charge in [0.2, 0.25) is 0 Å². The van der Waals surface area contributed by atoms with Crippen molar-refractivity contribution >= 4 is 0 Å². The molecule has 0 aromatic heterocycles. The van der Waals surface area contributed by atoms with Crippen LogP contribution in [0, 0.1) is 11.8 Å². The molecule has 0 saturated heterocycles. The van der Waals surface area contributed by atoms with Crippen LogP contribution in [0.15, 0.2) is 24.8 Å². The predicted molar refractivity (Wildman–Crippen MR) is 45.7 cm³/mol. The Kier molecular flexibility index (Phi) is 4.36. The summed E-state index contributed by atoms with van der Waals surface area (Å²) >= 11 is 0. The molecule has 0 aliphatic carbocycles. The van der Waals surface area contributed by atoms with Gasteiger partial charge in [0, 0.05) is 5.57 Å². The van der Waals surface area contributed by atoms with Crippen molar-refractivity contribution in [2.24, 2.45) is 0 Å². The number of hydrogen-bond acceptors (Lipinski definition) is 1. The van der Waals surface area contributed by atoms with E-state index < -0.39 is 0 Å². The molecule has 1 heteroatoms. The highest BCUT2D eigenvalue weighted by Crippen LogP contribution is 1.84. The second kappa shape index (κ2) is 4.84. The van der Waals surface area contributed by atoms with Crippen molar-refractivity contribution in [1.82, 2.24) is 4.90 Å². The van der Waals surface area contributed by atoms with E-state index in [1.807, 2.05) is 19.0 Å². The first-order valence-corrected chi connectivity index (χ1v) is 3.11. The van der Waals surface area contributed by atoms with Crippen LogP contribution < -0.4 is 0 Å². The molecule has 10 heavy (non-hydrogen) atoms. The molecule has 0 bridgehead atoms. The predicted octanol–water partition coefficient (Wildman–Crippen LogP) is 1.29. The van der Waals surface area contributed by atoms with Gasteiger partial charge in [-0.05, 0) is 14.1 Å². The molecule has 0 spiro atoms. The molecular formula is C9H13N. The van der Waals surface area contributed by atoms with Gasteiger partial charge in [0.25, 0.3) is 0 Å². The zero-order valence-corrected chi connectivity index (χ0v) is 6.65. The van der Waals surface area contributed by atoms with E-state index in [2.05, 4.69) is 25.0 Å². The molecule has 0 aromatic carbocycles. The summed E-state index contributed by atoms with van der Waals surface area (Å²) in [6.07, 6.45) is 1.66. The Balaban J connectivity index is 3.69. The van der Waals surface area contributed by atoms with E-state index in [9.17, 15) is 0 Å². The minimum atomic E-state index is 0.771. The number of allylic oxidation sites excluding steroid dienone is 2. The molecule has 0 radical (unpaired) electrons. The molecule has 0 aromatic rings. The first-order valence-electron chi connectivity index (χ1n) is 3.11. The van der Waals surface area contributed by atoms with Gasteiger partial charge in [-0.3, -0.25) is 4.90 Å². The zero-order chi connectivity index (χ0) is 7.98. The summed E-state index contributed by atoms with van der Waals surface area (Å²) in [5.41, 5.74) is 0.779. The van der Waals surface area contributed by atoms with E-state index in [-0.39, 0.29) is 0 Å². The summed E-state index contributed by atoms with van der Waals surface area (Å²) in [7, 11) is 3.96. The first-order chi connectivity index (χ1) is 4.66. The quantitative estimate of drug-likeness (QED) is 0.407. The molecule has 0 amide bonds. The lowest BCUT2D eigenvalue weighted by Crippen LogP contribution is -2.10. The second-order valence-electron chi connectivity index (χ2n) is 2.27. The Morgan fingerprint density at radius 2 is 2.20 bits per heavy atom. The Bertz CT molecular complexity index is 179. The summed E-state index contributed by atoms with van der Waals surface area (Å²) in [5.74, 6) is 5.80. The van der Waals surface area contributed by atoms with Crippen molar-refractivity contribution in [3.05, 3.63) is 24.8 Å². The standard InChI is InChI=1S/C9H13N/c1-5-9(2)7-6-8-10(3)4/h5H,1-2,8H2,3-4H3. The van der Waals surface area contributed by atoms with Crippen LogP contribution in [0.25, 0.3) is 0 Å². The largest absolute Gasteiger partial charge is 0.299 e. The molecule has 0 aliphatic rings. The maximum Gasteiger partial charge on any atom is 0.0600 e. The molecule has 0 aliphatic heterocycles. The smallest absolute Gasteiger partial charge is 0.0600 e. The minimum Gasteiger partial charge on any atom is -0.299 e. The van der Waals surface area contributed by atoms with Gasteiger partial charge in [0.15, 0.2) is 0 Å². The van der Waals surface area contributed by atoms with E-state index in [4.69, 9.17) is 0 Å². The monoisotopic (exact) mass is 135 g/mol. The average molecular weight is 135 g/mol. The van der Waals surface area contributed by atoms with Gasteiger partial charge >= 0.3 is 0 Å². The van der Waals surface area contributed by atoms with Crippen LogP contribution in [-0.4, -0.2) is 25.5 Å².